The van der Waals surface area contributed by atoms with Gasteiger partial charge < -0.3 is 0 Å². The molecule has 0 atom stereocenters. The maximum absolute atomic E-state index is 13.0. The standard InChI is InChI=1S/C10H8F4/c11-9-5-7(6-1-2-6)3-4-8(9)10(12,13)14/h3-6H,1-2H2. The Morgan fingerprint density at radius 2 is 1.79 bits per heavy atom. The fraction of sp³-hybridized carbons (Fsp3) is 0.400. The van der Waals surface area contributed by atoms with Gasteiger partial charge in [-0.3, -0.25) is 0 Å². The lowest BCUT2D eigenvalue weighted by Crippen LogP contribution is -2.08. The average Bonchev–Trinajstić information content (AvgIpc) is 2.83. The molecule has 2 rings (SSSR count). The highest BCUT2D eigenvalue weighted by molar-refractivity contribution is 5.30. The van der Waals surface area contributed by atoms with Crippen LogP contribution in [0, 0.1) is 5.82 Å². The minimum atomic E-state index is -4.59. The van der Waals surface area contributed by atoms with E-state index < -0.39 is 17.6 Å². The van der Waals surface area contributed by atoms with Crippen LogP contribution in [0.15, 0.2) is 18.2 Å². The van der Waals surface area contributed by atoms with Gasteiger partial charge in [0.15, 0.2) is 0 Å². The summed E-state index contributed by atoms with van der Waals surface area (Å²) >= 11 is 0. The molecule has 0 N–H and O–H groups in total. The van der Waals surface area contributed by atoms with Crippen LogP contribution in [0.4, 0.5) is 17.6 Å². The second kappa shape index (κ2) is 2.97. The van der Waals surface area contributed by atoms with Gasteiger partial charge in [0.25, 0.3) is 0 Å². The van der Waals surface area contributed by atoms with E-state index in [0.29, 0.717) is 5.56 Å². The third kappa shape index (κ3) is 1.74. The summed E-state index contributed by atoms with van der Waals surface area (Å²) in [5.74, 6) is -0.895. The first-order valence-corrected chi connectivity index (χ1v) is 4.35. The van der Waals surface area contributed by atoms with Crippen molar-refractivity contribution >= 4 is 0 Å². The fourth-order valence-corrected chi connectivity index (χ4v) is 1.43. The van der Waals surface area contributed by atoms with Crippen LogP contribution in [0.1, 0.15) is 29.9 Å². The fourth-order valence-electron chi connectivity index (χ4n) is 1.43. The van der Waals surface area contributed by atoms with E-state index in [1.807, 2.05) is 0 Å². The van der Waals surface area contributed by atoms with E-state index in [1.54, 1.807) is 0 Å². The maximum Gasteiger partial charge on any atom is 0.419 e. The Hall–Kier alpha value is -1.06. The van der Waals surface area contributed by atoms with Crippen LogP contribution < -0.4 is 0 Å². The minimum absolute atomic E-state index is 0.270. The Morgan fingerprint density at radius 3 is 2.21 bits per heavy atom. The number of rotatable bonds is 1. The van der Waals surface area contributed by atoms with Gasteiger partial charge in [-0.15, -0.1) is 0 Å². The van der Waals surface area contributed by atoms with E-state index in [9.17, 15) is 17.6 Å². The predicted octanol–water partition coefficient (Wildman–Crippen LogP) is 3.72. The molecule has 0 saturated heterocycles. The molecule has 0 spiro atoms. The lowest BCUT2D eigenvalue weighted by atomic mass is 10.1. The molecule has 1 saturated carbocycles. The Morgan fingerprint density at radius 1 is 1.14 bits per heavy atom. The molecule has 14 heavy (non-hydrogen) atoms. The number of alkyl halides is 3. The molecule has 1 aromatic carbocycles. The topological polar surface area (TPSA) is 0 Å². The average molecular weight is 204 g/mol. The van der Waals surface area contributed by atoms with Crippen LogP contribution in [0.5, 0.6) is 0 Å². The second-order valence-electron chi connectivity index (χ2n) is 3.51. The lowest BCUT2D eigenvalue weighted by molar-refractivity contribution is -0.140. The maximum atomic E-state index is 13.0. The Kier molecular flexibility index (Phi) is 2.01. The molecule has 0 heterocycles. The summed E-state index contributed by atoms with van der Waals surface area (Å²) in [7, 11) is 0. The summed E-state index contributed by atoms with van der Waals surface area (Å²) in [6.07, 6.45) is -2.69. The predicted molar refractivity (Wildman–Crippen MR) is 43.4 cm³/mol. The third-order valence-corrected chi connectivity index (χ3v) is 2.35. The number of benzene rings is 1. The van der Waals surface area contributed by atoms with E-state index in [2.05, 4.69) is 0 Å². The van der Waals surface area contributed by atoms with Crippen molar-refractivity contribution in [1.82, 2.24) is 0 Å². The smallest absolute Gasteiger partial charge is 0.206 e. The third-order valence-electron chi connectivity index (χ3n) is 2.35. The van der Waals surface area contributed by atoms with E-state index in [0.717, 1.165) is 25.0 Å². The Labute approximate surface area is 78.5 Å². The molecule has 0 bridgehead atoms. The highest BCUT2D eigenvalue weighted by Gasteiger charge is 2.35. The van der Waals surface area contributed by atoms with Gasteiger partial charge in [-0.05, 0) is 36.5 Å². The molecular weight excluding hydrogens is 196 g/mol. The molecule has 0 unspecified atom stereocenters. The first-order chi connectivity index (χ1) is 6.48. The first kappa shape index (κ1) is 9.49. The van der Waals surface area contributed by atoms with Gasteiger partial charge >= 0.3 is 6.18 Å². The summed E-state index contributed by atoms with van der Waals surface area (Å²) in [5.41, 5.74) is -0.502. The first-order valence-electron chi connectivity index (χ1n) is 4.35. The number of halogens is 4. The molecule has 1 aliphatic carbocycles. The van der Waals surface area contributed by atoms with Crippen LogP contribution in [0.25, 0.3) is 0 Å². The van der Waals surface area contributed by atoms with Gasteiger partial charge in [0.2, 0.25) is 0 Å². The van der Waals surface area contributed by atoms with E-state index in [1.165, 1.54) is 6.07 Å². The van der Waals surface area contributed by atoms with Crippen molar-refractivity contribution < 1.29 is 17.6 Å². The summed E-state index contributed by atoms with van der Waals surface area (Å²) in [5, 5.41) is 0. The van der Waals surface area contributed by atoms with Crippen LogP contribution in [-0.2, 0) is 6.18 Å². The zero-order valence-corrected chi connectivity index (χ0v) is 7.24. The molecule has 0 aliphatic heterocycles. The van der Waals surface area contributed by atoms with Crippen LogP contribution in [-0.4, -0.2) is 0 Å². The zero-order chi connectivity index (χ0) is 10.3. The van der Waals surface area contributed by atoms with Gasteiger partial charge in [0.1, 0.15) is 5.82 Å². The van der Waals surface area contributed by atoms with Gasteiger partial charge in [-0.25, -0.2) is 4.39 Å². The Bertz CT molecular complexity index is 350. The van der Waals surface area contributed by atoms with Crippen molar-refractivity contribution in [2.24, 2.45) is 0 Å². The second-order valence-corrected chi connectivity index (χ2v) is 3.51. The SMILES string of the molecule is Fc1cc(C2CC2)ccc1C(F)(F)F. The highest BCUT2D eigenvalue weighted by atomic mass is 19.4. The molecule has 0 aromatic heterocycles. The quantitative estimate of drug-likeness (QED) is 0.611. The zero-order valence-electron chi connectivity index (χ0n) is 7.24. The van der Waals surface area contributed by atoms with Gasteiger partial charge in [0, 0.05) is 0 Å². The van der Waals surface area contributed by atoms with E-state index >= 15 is 0 Å². The Balaban J connectivity index is 2.35. The molecule has 0 nitrogen and oxygen atoms in total. The molecule has 1 aliphatic rings. The van der Waals surface area contributed by atoms with Crippen molar-refractivity contribution in [3.63, 3.8) is 0 Å². The summed E-state index contributed by atoms with van der Waals surface area (Å²) in [6.45, 7) is 0. The molecule has 76 valence electrons. The number of hydrogen-bond donors (Lipinski definition) is 0. The molecule has 1 fully saturated rings. The van der Waals surface area contributed by atoms with Crippen molar-refractivity contribution in [1.29, 1.82) is 0 Å². The lowest BCUT2D eigenvalue weighted by Gasteiger charge is -2.08. The van der Waals surface area contributed by atoms with Gasteiger partial charge in [-0.1, -0.05) is 6.07 Å². The van der Waals surface area contributed by atoms with Gasteiger partial charge in [-0.2, -0.15) is 13.2 Å². The van der Waals surface area contributed by atoms with Crippen molar-refractivity contribution in [3.05, 3.63) is 35.1 Å². The molecule has 1 aromatic rings. The molecular formula is C10H8F4. The van der Waals surface area contributed by atoms with Crippen molar-refractivity contribution in [2.75, 3.05) is 0 Å². The van der Waals surface area contributed by atoms with Crippen molar-refractivity contribution in [2.45, 2.75) is 24.9 Å². The molecule has 0 amide bonds. The summed E-state index contributed by atoms with van der Waals surface area (Å²) < 4.78 is 49.5. The van der Waals surface area contributed by atoms with Gasteiger partial charge in [0.05, 0.1) is 5.56 Å². The minimum Gasteiger partial charge on any atom is -0.206 e. The monoisotopic (exact) mass is 204 g/mol. The van der Waals surface area contributed by atoms with E-state index in [4.69, 9.17) is 0 Å². The molecule has 4 heteroatoms. The van der Waals surface area contributed by atoms with E-state index in [-0.39, 0.29) is 5.92 Å². The van der Waals surface area contributed by atoms with Crippen LogP contribution in [0.2, 0.25) is 0 Å². The summed E-state index contributed by atoms with van der Waals surface area (Å²) in [4.78, 5) is 0. The van der Waals surface area contributed by atoms with Crippen LogP contribution >= 0.6 is 0 Å². The highest BCUT2D eigenvalue weighted by Crippen LogP contribution is 2.41. The normalized spacial score (nSPS) is 17.1. The summed E-state index contributed by atoms with van der Waals surface area (Å²) in [6, 6.07) is 3.19. The van der Waals surface area contributed by atoms with Crippen molar-refractivity contribution in [3.8, 4) is 0 Å². The molecule has 0 radical (unpaired) electrons. The largest absolute Gasteiger partial charge is 0.419 e. The van der Waals surface area contributed by atoms with Crippen LogP contribution in [0.3, 0.4) is 0 Å². The number of hydrogen-bond acceptors (Lipinski definition) is 0.